The average molecular weight is 295 g/mol. The summed E-state index contributed by atoms with van der Waals surface area (Å²) in [6, 6.07) is 7.51. The van der Waals surface area contributed by atoms with Gasteiger partial charge in [-0.1, -0.05) is 12.1 Å². The van der Waals surface area contributed by atoms with Crippen molar-refractivity contribution in [2.24, 2.45) is 0 Å². The standard InChI is InChI=1S/C16H25NO4/c1-15(2,3)21-14(19)17-16(4,11-18)10-12-6-8-13(20-5)9-7-12/h6-9,18H,10-11H2,1-5H3,(H,17,19). The topological polar surface area (TPSA) is 67.8 Å². The Labute approximate surface area is 126 Å². The van der Waals surface area contributed by atoms with Crippen molar-refractivity contribution in [3.63, 3.8) is 0 Å². The molecule has 0 saturated carbocycles. The molecule has 1 unspecified atom stereocenters. The fourth-order valence-corrected chi connectivity index (χ4v) is 1.88. The van der Waals surface area contributed by atoms with Gasteiger partial charge in [0.25, 0.3) is 0 Å². The van der Waals surface area contributed by atoms with Gasteiger partial charge in [-0.25, -0.2) is 4.79 Å². The molecule has 0 aliphatic heterocycles. The van der Waals surface area contributed by atoms with Crippen molar-refractivity contribution in [2.45, 2.75) is 45.3 Å². The summed E-state index contributed by atoms with van der Waals surface area (Å²) in [5.41, 5.74) is -0.360. The van der Waals surface area contributed by atoms with Crippen molar-refractivity contribution in [1.82, 2.24) is 5.32 Å². The molecular weight excluding hydrogens is 270 g/mol. The molecule has 1 amide bonds. The number of aliphatic hydroxyl groups excluding tert-OH is 1. The van der Waals surface area contributed by atoms with Crippen LogP contribution in [-0.2, 0) is 11.2 Å². The van der Waals surface area contributed by atoms with E-state index in [1.807, 2.05) is 24.3 Å². The van der Waals surface area contributed by atoms with E-state index >= 15 is 0 Å². The minimum Gasteiger partial charge on any atom is -0.497 e. The molecule has 0 aliphatic carbocycles. The number of rotatable bonds is 5. The van der Waals surface area contributed by atoms with E-state index in [1.54, 1.807) is 34.8 Å². The Morgan fingerprint density at radius 2 is 1.76 bits per heavy atom. The smallest absolute Gasteiger partial charge is 0.408 e. The monoisotopic (exact) mass is 295 g/mol. The van der Waals surface area contributed by atoms with Crippen LogP contribution in [0.4, 0.5) is 4.79 Å². The molecule has 5 nitrogen and oxygen atoms in total. The van der Waals surface area contributed by atoms with Crippen LogP contribution in [0.1, 0.15) is 33.3 Å². The first-order valence-corrected chi connectivity index (χ1v) is 6.92. The van der Waals surface area contributed by atoms with E-state index in [1.165, 1.54) is 0 Å². The van der Waals surface area contributed by atoms with Gasteiger partial charge >= 0.3 is 6.09 Å². The Bertz CT molecular complexity index is 464. The molecule has 0 saturated heterocycles. The van der Waals surface area contributed by atoms with Crippen molar-refractivity contribution < 1.29 is 19.4 Å². The van der Waals surface area contributed by atoms with Crippen molar-refractivity contribution >= 4 is 6.09 Å². The highest BCUT2D eigenvalue weighted by Gasteiger charge is 2.28. The highest BCUT2D eigenvalue weighted by molar-refractivity contribution is 5.68. The van der Waals surface area contributed by atoms with Gasteiger partial charge in [0.1, 0.15) is 11.4 Å². The fraction of sp³-hybridized carbons (Fsp3) is 0.562. The van der Waals surface area contributed by atoms with Crippen molar-refractivity contribution in [1.29, 1.82) is 0 Å². The molecule has 0 aliphatic rings. The molecule has 0 bridgehead atoms. The van der Waals surface area contributed by atoms with Gasteiger partial charge in [-0.05, 0) is 51.8 Å². The molecule has 1 aromatic carbocycles. The minimum atomic E-state index is -0.781. The molecule has 0 fully saturated rings. The number of carbonyl (C=O) groups excluding carboxylic acids is 1. The predicted molar refractivity (Wildman–Crippen MR) is 81.6 cm³/mol. The lowest BCUT2D eigenvalue weighted by atomic mass is 9.94. The first-order chi connectivity index (χ1) is 9.67. The maximum Gasteiger partial charge on any atom is 0.408 e. The van der Waals surface area contributed by atoms with Crippen molar-refractivity contribution in [3.05, 3.63) is 29.8 Å². The third kappa shape index (κ3) is 6.04. The Morgan fingerprint density at radius 1 is 1.19 bits per heavy atom. The predicted octanol–water partition coefficient (Wildman–Crippen LogP) is 2.51. The van der Waals surface area contributed by atoms with Gasteiger partial charge < -0.3 is 19.9 Å². The summed E-state index contributed by atoms with van der Waals surface area (Å²) in [6.07, 6.45) is -0.0419. The normalized spacial score (nSPS) is 14.2. The van der Waals surface area contributed by atoms with Crippen LogP contribution in [0.15, 0.2) is 24.3 Å². The quantitative estimate of drug-likeness (QED) is 0.876. The molecular formula is C16H25NO4. The number of hydrogen-bond donors (Lipinski definition) is 2. The maximum atomic E-state index is 11.9. The van der Waals surface area contributed by atoms with Crippen LogP contribution in [0.2, 0.25) is 0 Å². The highest BCUT2D eigenvalue weighted by Crippen LogP contribution is 2.18. The van der Waals surface area contributed by atoms with E-state index < -0.39 is 17.2 Å². The second-order valence-electron chi connectivity index (χ2n) is 6.37. The minimum absolute atomic E-state index is 0.182. The summed E-state index contributed by atoms with van der Waals surface area (Å²) in [5.74, 6) is 0.768. The summed E-state index contributed by atoms with van der Waals surface area (Å²) in [4.78, 5) is 11.9. The summed E-state index contributed by atoms with van der Waals surface area (Å²) < 4.78 is 10.3. The summed E-state index contributed by atoms with van der Waals surface area (Å²) in [5, 5.41) is 12.3. The average Bonchev–Trinajstić information content (AvgIpc) is 2.37. The number of alkyl carbamates (subject to hydrolysis) is 1. The number of nitrogens with one attached hydrogen (secondary N) is 1. The van der Waals surface area contributed by atoms with E-state index in [4.69, 9.17) is 9.47 Å². The van der Waals surface area contributed by atoms with Gasteiger partial charge in [-0.15, -0.1) is 0 Å². The van der Waals surface area contributed by atoms with Crippen LogP contribution in [0, 0.1) is 0 Å². The zero-order chi connectivity index (χ0) is 16.1. The van der Waals surface area contributed by atoms with E-state index in [0.29, 0.717) is 6.42 Å². The number of methoxy groups -OCH3 is 1. The SMILES string of the molecule is COc1ccc(CC(C)(CO)NC(=O)OC(C)(C)C)cc1. The van der Waals surface area contributed by atoms with Crippen molar-refractivity contribution in [3.8, 4) is 5.75 Å². The van der Waals surface area contributed by atoms with Crippen LogP contribution in [0.3, 0.4) is 0 Å². The van der Waals surface area contributed by atoms with Crippen LogP contribution < -0.4 is 10.1 Å². The summed E-state index contributed by atoms with van der Waals surface area (Å²) in [6.45, 7) is 6.99. The second kappa shape index (κ2) is 6.80. The van der Waals surface area contributed by atoms with Crippen LogP contribution >= 0.6 is 0 Å². The lowest BCUT2D eigenvalue weighted by Crippen LogP contribution is -2.52. The maximum absolute atomic E-state index is 11.9. The molecule has 2 N–H and O–H groups in total. The van der Waals surface area contributed by atoms with E-state index in [-0.39, 0.29) is 6.61 Å². The van der Waals surface area contributed by atoms with Gasteiger partial charge in [0.05, 0.1) is 19.3 Å². The number of benzene rings is 1. The molecule has 0 radical (unpaired) electrons. The number of aliphatic hydroxyl groups is 1. The molecule has 1 aromatic rings. The van der Waals surface area contributed by atoms with E-state index in [2.05, 4.69) is 5.32 Å². The number of hydrogen-bond acceptors (Lipinski definition) is 4. The Kier molecular flexibility index (Phi) is 5.61. The largest absolute Gasteiger partial charge is 0.497 e. The number of ether oxygens (including phenoxy) is 2. The molecule has 5 heteroatoms. The second-order valence-corrected chi connectivity index (χ2v) is 6.37. The summed E-state index contributed by atoms with van der Waals surface area (Å²) >= 11 is 0. The zero-order valence-corrected chi connectivity index (χ0v) is 13.4. The van der Waals surface area contributed by atoms with Gasteiger partial charge in [0.2, 0.25) is 0 Å². The van der Waals surface area contributed by atoms with E-state index in [9.17, 15) is 9.90 Å². The first kappa shape index (κ1) is 17.3. The molecule has 0 aromatic heterocycles. The Balaban J connectivity index is 2.72. The Hall–Kier alpha value is -1.75. The van der Waals surface area contributed by atoms with Crippen LogP contribution in [0.5, 0.6) is 5.75 Å². The lowest BCUT2D eigenvalue weighted by Gasteiger charge is -2.30. The highest BCUT2D eigenvalue weighted by atomic mass is 16.6. The number of amides is 1. The van der Waals surface area contributed by atoms with Gasteiger partial charge in [-0.2, -0.15) is 0 Å². The van der Waals surface area contributed by atoms with E-state index in [0.717, 1.165) is 11.3 Å². The van der Waals surface area contributed by atoms with Crippen LogP contribution in [-0.4, -0.2) is 36.1 Å². The molecule has 0 heterocycles. The van der Waals surface area contributed by atoms with Gasteiger partial charge in [0, 0.05) is 0 Å². The molecule has 118 valence electrons. The third-order valence-corrected chi connectivity index (χ3v) is 2.91. The number of carbonyl (C=O) groups is 1. The first-order valence-electron chi connectivity index (χ1n) is 6.92. The zero-order valence-electron chi connectivity index (χ0n) is 13.4. The lowest BCUT2D eigenvalue weighted by molar-refractivity contribution is 0.0415. The van der Waals surface area contributed by atoms with Gasteiger partial charge in [-0.3, -0.25) is 0 Å². The molecule has 1 rings (SSSR count). The van der Waals surface area contributed by atoms with Gasteiger partial charge in [0.15, 0.2) is 0 Å². The van der Waals surface area contributed by atoms with Crippen molar-refractivity contribution in [2.75, 3.05) is 13.7 Å². The third-order valence-electron chi connectivity index (χ3n) is 2.91. The Morgan fingerprint density at radius 3 is 2.19 bits per heavy atom. The molecule has 21 heavy (non-hydrogen) atoms. The molecule has 0 spiro atoms. The molecule has 1 atom stereocenters. The summed E-state index contributed by atoms with van der Waals surface area (Å²) in [7, 11) is 1.61. The fourth-order valence-electron chi connectivity index (χ4n) is 1.88. The van der Waals surface area contributed by atoms with Crippen LogP contribution in [0.25, 0.3) is 0 Å².